The van der Waals surface area contributed by atoms with Gasteiger partial charge in [-0.3, -0.25) is 0 Å². The van der Waals surface area contributed by atoms with E-state index in [0.29, 0.717) is 11.3 Å². The molecule has 11 aromatic carbocycles. The Bertz CT molecular complexity index is 4440. The molecule has 6 aliphatic rings. The molecule has 2 aliphatic heterocycles. The fourth-order valence-corrected chi connectivity index (χ4v) is 17.8. The quantitative estimate of drug-likeness (QED) is 0.130. The van der Waals surface area contributed by atoms with Gasteiger partial charge in [0.2, 0.25) is 0 Å². The Kier molecular flexibility index (Phi) is 9.33. The lowest BCUT2D eigenvalue weighted by Crippen LogP contribution is -2.54. The van der Waals surface area contributed by atoms with Crippen LogP contribution in [0.1, 0.15) is 118 Å². The smallest absolute Gasteiger partial charge is 0.187 e. The summed E-state index contributed by atoms with van der Waals surface area (Å²) >= 11 is 0. The molecular formula is C77H60N4. The van der Waals surface area contributed by atoms with Gasteiger partial charge in [-0.25, -0.2) is 4.85 Å². The molecule has 0 amide bonds. The van der Waals surface area contributed by atoms with Crippen LogP contribution in [0, 0.1) is 17.9 Å². The van der Waals surface area contributed by atoms with E-state index < -0.39 is 5.41 Å². The Labute approximate surface area is 474 Å². The summed E-state index contributed by atoms with van der Waals surface area (Å²) < 4.78 is 0. The van der Waals surface area contributed by atoms with Gasteiger partial charge in [0.25, 0.3) is 0 Å². The second kappa shape index (κ2) is 16.1. The first-order valence-electron chi connectivity index (χ1n) is 29.5. The molecule has 1 spiro atoms. The minimum Gasteiger partial charge on any atom is -0.335 e. The van der Waals surface area contributed by atoms with Crippen LogP contribution in [0.15, 0.2) is 194 Å². The van der Waals surface area contributed by atoms with E-state index in [0.717, 1.165) is 37.1 Å². The van der Waals surface area contributed by atoms with E-state index in [-0.39, 0.29) is 21.9 Å². The summed E-state index contributed by atoms with van der Waals surface area (Å²) in [4.78, 5) is 8.98. The van der Waals surface area contributed by atoms with Crippen LogP contribution in [0.5, 0.6) is 0 Å². The number of rotatable bonds is 4. The Morgan fingerprint density at radius 1 is 0.432 bits per heavy atom. The van der Waals surface area contributed by atoms with Crippen LogP contribution in [-0.4, -0.2) is 11.1 Å². The van der Waals surface area contributed by atoms with E-state index in [1.165, 1.54) is 147 Å². The highest BCUT2D eigenvalue weighted by Gasteiger charge is 2.60. The van der Waals surface area contributed by atoms with Gasteiger partial charge in [0.15, 0.2) is 5.69 Å². The molecule has 0 radical (unpaired) electrons. The summed E-state index contributed by atoms with van der Waals surface area (Å²) in [6, 6.07) is 76.6. The van der Waals surface area contributed by atoms with E-state index in [2.05, 4.69) is 218 Å². The van der Waals surface area contributed by atoms with E-state index in [1.807, 2.05) is 24.3 Å². The van der Waals surface area contributed by atoms with Crippen molar-refractivity contribution in [3.63, 3.8) is 0 Å². The molecule has 5 atom stereocenters. The number of anilines is 4. The van der Waals surface area contributed by atoms with Crippen LogP contribution in [0.2, 0.25) is 0 Å². The summed E-state index contributed by atoms with van der Waals surface area (Å²) in [6.07, 6.45) is 9.32. The van der Waals surface area contributed by atoms with Crippen LogP contribution in [0.25, 0.3) is 81.7 Å². The number of hydrogen-bond acceptors (Lipinski definition) is 3. The van der Waals surface area contributed by atoms with Crippen molar-refractivity contribution in [3.05, 3.63) is 244 Å². The second-order valence-corrected chi connectivity index (χ2v) is 25.5. The molecule has 4 aliphatic carbocycles. The van der Waals surface area contributed by atoms with Gasteiger partial charge in [-0.15, -0.1) is 0 Å². The first-order chi connectivity index (χ1) is 39.5. The fourth-order valence-electron chi connectivity index (χ4n) is 17.8. The Hall–Kier alpha value is -8.96. The lowest BCUT2D eigenvalue weighted by atomic mass is 9.61. The summed E-state index contributed by atoms with van der Waals surface area (Å²) in [5.41, 5.74) is 23.8. The van der Waals surface area contributed by atoms with E-state index >= 15 is 0 Å². The average Bonchev–Trinajstić information content (AvgIpc) is 1.81. The molecule has 2 saturated carbocycles. The molecule has 0 N–H and O–H groups in total. The zero-order valence-corrected chi connectivity index (χ0v) is 46.4. The number of fused-ring (bicyclic) bond motifs is 17. The van der Waals surface area contributed by atoms with Crippen molar-refractivity contribution in [3.8, 4) is 50.6 Å². The van der Waals surface area contributed by atoms with Crippen LogP contribution >= 0.6 is 0 Å². The summed E-state index contributed by atoms with van der Waals surface area (Å²) in [6.45, 7) is 17.7. The van der Waals surface area contributed by atoms with Crippen molar-refractivity contribution < 1.29 is 0 Å². The fraction of sp³-hybridized carbons (Fsp3) is 0.221. The molecule has 2 fully saturated rings. The summed E-state index contributed by atoms with van der Waals surface area (Å²) in [5, 5.41) is 17.6. The van der Waals surface area contributed by atoms with Crippen molar-refractivity contribution in [1.82, 2.24) is 0 Å². The van der Waals surface area contributed by atoms with Gasteiger partial charge in [-0.1, -0.05) is 155 Å². The molecule has 11 aromatic rings. The molecule has 17 rings (SSSR count). The number of hydrogen-bond donors (Lipinski definition) is 0. The lowest BCUT2D eigenvalue weighted by molar-refractivity contribution is 0.195. The maximum absolute atomic E-state index is 9.76. The van der Waals surface area contributed by atoms with Gasteiger partial charge in [0.05, 0.1) is 34.7 Å². The molecule has 4 nitrogen and oxygen atoms in total. The highest BCUT2D eigenvalue weighted by molar-refractivity contribution is 6.27. The number of nitrogens with zero attached hydrogens (tertiary/aromatic N) is 4. The minimum atomic E-state index is -0.608. The molecule has 5 unspecified atom stereocenters. The third-order valence-corrected chi connectivity index (χ3v) is 22.2. The molecule has 388 valence electrons. The normalized spacial score (nSPS) is 24.3. The second-order valence-electron chi connectivity index (χ2n) is 25.5. The zero-order chi connectivity index (χ0) is 54.4. The van der Waals surface area contributed by atoms with E-state index in [1.54, 1.807) is 0 Å². The predicted molar refractivity (Wildman–Crippen MR) is 334 cm³/mol. The first kappa shape index (κ1) is 46.9. The van der Waals surface area contributed by atoms with Crippen molar-refractivity contribution in [2.24, 2.45) is 0 Å². The van der Waals surface area contributed by atoms with Gasteiger partial charge < -0.3 is 9.80 Å². The third-order valence-electron chi connectivity index (χ3n) is 22.2. The highest BCUT2D eigenvalue weighted by Crippen LogP contribution is 2.67. The third kappa shape index (κ3) is 5.78. The van der Waals surface area contributed by atoms with Crippen molar-refractivity contribution in [2.75, 3.05) is 9.80 Å². The van der Waals surface area contributed by atoms with E-state index in [4.69, 9.17) is 6.57 Å². The highest BCUT2D eigenvalue weighted by atomic mass is 15.3. The zero-order valence-electron chi connectivity index (χ0n) is 46.4. The van der Waals surface area contributed by atoms with Gasteiger partial charge in [-0.2, -0.15) is 5.26 Å². The van der Waals surface area contributed by atoms with Crippen molar-refractivity contribution in [2.45, 2.75) is 106 Å². The Balaban J connectivity index is 0.886. The largest absolute Gasteiger partial charge is 0.335 e. The van der Waals surface area contributed by atoms with Gasteiger partial charge in [0.1, 0.15) is 0 Å². The maximum Gasteiger partial charge on any atom is 0.187 e. The van der Waals surface area contributed by atoms with Crippen LogP contribution in [0.3, 0.4) is 0 Å². The molecular weight excluding hydrogens is 981 g/mol. The van der Waals surface area contributed by atoms with Gasteiger partial charge in [-0.05, 0) is 229 Å². The minimum absolute atomic E-state index is 0.0600. The van der Waals surface area contributed by atoms with Gasteiger partial charge in [0, 0.05) is 33.6 Å². The maximum atomic E-state index is 9.76. The van der Waals surface area contributed by atoms with Crippen molar-refractivity contribution >= 4 is 60.8 Å². The Morgan fingerprint density at radius 3 is 1.51 bits per heavy atom. The monoisotopic (exact) mass is 1040 g/mol. The topological polar surface area (TPSA) is 34.6 Å². The van der Waals surface area contributed by atoms with Crippen LogP contribution in [0.4, 0.5) is 28.4 Å². The molecule has 2 heterocycles. The average molecular weight is 1040 g/mol. The number of benzene rings is 11. The predicted octanol–water partition coefficient (Wildman–Crippen LogP) is 20.2. The molecule has 81 heavy (non-hydrogen) atoms. The first-order valence-corrected chi connectivity index (χ1v) is 29.5. The number of nitriles is 1. The molecule has 4 heteroatoms. The summed E-state index contributed by atoms with van der Waals surface area (Å²) in [7, 11) is 0. The van der Waals surface area contributed by atoms with Gasteiger partial charge >= 0.3 is 0 Å². The standard InChI is InChI=1S/C77H60N4/c1-73-37-8-10-39-75(73,3)80(56-28-17-47(46-78)18-29-56)68-35-24-52(43-65(68)73)50-22-32-58-59-33-23-51(53-25-36-69-66(44-53)74(2)38-9-11-40-76(74,4)81(69)57-30-26-55(79-5)27-31-57)42-64(59)77(63(58)41-50)62-16-7-6-15-60(62)72-61-34-21-49-14-12-13-48-19-20-54(45-67(72)77)71(61)70(48)49/h6-7,12-36,41-45H,8-11,37-40H2,1-4H3. The van der Waals surface area contributed by atoms with Crippen LogP contribution in [-0.2, 0) is 16.2 Å². The summed E-state index contributed by atoms with van der Waals surface area (Å²) in [5.74, 6) is 0. The van der Waals surface area contributed by atoms with Crippen LogP contribution < -0.4 is 9.80 Å². The lowest BCUT2D eigenvalue weighted by Gasteiger charge is -2.50. The molecule has 0 saturated heterocycles. The Morgan fingerprint density at radius 2 is 0.938 bits per heavy atom. The SMILES string of the molecule is [C-]#[N+]c1ccc(N2c3ccc(-c4ccc5c(c4)C4(c6cc(-c7ccc8c(c7)C7(C)CCCCC7(C)N8c7ccc(C#N)cc7)ccc6-5)c5ccccc5-c5c4cc4ccc6cccc7ccc5c4c67)cc3C3(C)CCCCC23C)cc1. The van der Waals surface area contributed by atoms with E-state index in [9.17, 15) is 5.26 Å². The molecule has 0 aromatic heterocycles. The molecule has 0 bridgehead atoms. The van der Waals surface area contributed by atoms with Crippen molar-refractivity contribution in [1.29, 1.82) is 5.26 Å².